The number of aryl methyl sites for hydroxylation is 2. The number of H-pyrrole nitrogens is 1. The highest BCUT2D eigenvalue weighted by molar-refractivity contribution is 5.92. The summed E-state index contributed by atoms with van der Waals surface area (Å²) in [6.45, 7) is 5.63. The third-order valence-corrected chi connectivity index (χ3v) is 5.47. The van der Waals surface area contributed by atoms with E-state index in [1.807, 2.05) is 32.9 Å². The van der Waals surface area contributed by atoms with Gasteiger partial charge in [-0.15, -0.1) is 0 Å². The lowest BCUT2D eigenvalue weighted by Gasteiger charge is -2.14. The van der Waals surface area contributed by atoms with Gasteiger partial charge < -0.3 is 10.6 Å². The molecule has 5 aromatic rings. The number of carbonyl (C=O) groups excluding carboxylic acids is 1. The van der Waals surface area contributed by atoms with Crippen LogP contribution < -0.4 is 10.6 Å². The molecule has 5 rings (SSSR count). The molecule has 0 unspecified atom stereocenters. The molecule has 12 heteroatoms. The molecule has 1 atom stereocenters. The zero-order valence-electron chi connectivity index (χ0n) is 20.3. The standard InChI is InChI=1S/C25H23FN10O/c1-14-8-21(32-22-9-15(2)34-35-22)33-24(30-14)18-4-6-20(27-11-18)25(37)31-16(3)17-5-7-23(28-10-17)36-13-19(26)12-29-36/h4-13,16H,1-3H3,(H,31,37)(H2,30,32,33,34,35)/t16-/m0/s1. The van der Waals surface area contributed by atoms with Crippen LogP contribution in [0.1, 0.15) is 40.4 Å². The van der Waals surface area contributed by atoms with Crippen LogP contribution in [-0.4, -0.2) is 45.8 Å². The van der Waals surface area contributed by atoms with Gasteiger partial charge in [-0.2, -0.15) is 10.2 Å². The van der Waals surface area contributed by atoms with Crippen molar-refractivity contribution < 1.29 is 9.18 Å². The molecular formula is C25H23FN10O. The van der Waals surface area contributed by atoms with Crippen molar-refractivity contribution in [2.24, 2.45) is 0 Å². The summed E-state index contributed by atoms with van der Waals surface area (Å²) < 4.78 is 14.5. The van der Waals surface area contributed by atoms with Crippen LogP contribution in [-0.2, 0) is 0 Å². The lowest BCUT2D eigenvalue weighted by Crippen LogP contribution is -2.27. The van der Waals surface area contributed by atoms with E-state index in [2.05, 4.69) is 45.9 Å². The summed E-state index contributed by atoms with van der Waals surface area (Å²) in [6, 6.07) is 10.2. The highest BCUT2D eigenvalue weighted by Gasteiger charge is 2.15. The minimum atomic E-state index is -0.444. The number of nitrogens with zero attached hydrogens (tertiary/aromatic N) is 7. The van der Waals surface area contributed by atoms with Crippen molar-refractivity contribution in [3.63, 3.8) is 0 Å². The Balaban J connectivity index is 1.25. The Bertz CT molecular complexity index is 1540. The van der Waals surface area contributed by atoms with Gasteiger partial charge in [0.2, 0.25) is 0 Å². The molecule has 0 radical (unpaired) electrons. The topological polar surface area (TPSA) is 139 Å². The van der Waals surface area contributed by atoms with Crippen LogP contribution in [0.2, 0.25) is 0 Å². The van der Waals surface area contributed by atoms with Crippen molar-refractivity contribution in [2.75, 3.05) is 5.32 Å². The summed E-state index contributed by atoms with van der Waals surface area (Å²) in [7, 11) is 0. The van der Waals surface area contributed by atoms with Gasteiger partial charge in [-0.3, -0.25) is 14.9 Å². The Morgan fingerprint density at radius 3 is 2.54 bits per heavy atom. The van der Waals surface area contributed by atoms with Crippen LogP contribution in [0.3, 0.4) is 0 Å². The number of nitrogens with one attached hydrogen (secondary N) is 3. The fourth-order valence-electron chi connectivity index (χ4n) is 3.60. The van der Waals surface area contributed by atoms with E-state index in [9.17, 15) is 9.18 Å². The average molecular weight is 499 g/mol. The van der Waals surface area contributed by atoms with Crippen molar-refractivity contribution in [1.82, 2.24) is 45.2 Å². The Labute approximate surface area is 211 Å². The molecule has 0 fully saturated rings. The van der Waals surface area contributed by atoms with Crippen molar-refractivity contribution >= 4 is 17.5 Å². The van der Waals surface area contributed by atoms with Gasteiger partial charge in [0.15, 0.2) is 23.3 Å². The van der Waals surface area contributed by atoms with Gasteiger partial charge >= 0.3 is 0 Å². The maximum Gasteiger partial charge on any atom is 0.270 e. The number of rotatable bonds is 7. The molecule has 186 valence electrons. The van der Waals surface area contributed by atoms with Crippen molar-refractivity contribution in [2.45, 2.75) is 26.8 Å². The fourth-order valence-corrected chi connectivity index (χ4v) is 3.60. The van der Waals surface area contributed by atoms with E-state index >= 15 is 0 Å². The number of pyridine rings is 2. The van der Waals surface area contributed by atoms with Crippen molar-refractivity contribution in [3.05, 3.63) is 89.6 Å². The third-order valence-electron chi connectivity index (χ3n) is 5.47. The second kappa shape index (κ2) is 9.93. The Morgan fingerprint density at radius 2 is 1.89 bits per heavy atom. The molecule has 0 saturated heterocycles. The molecule has 0 spiro atoms. The third kappa shape index (κ3) is 5.48. The van der Waals surface area contributed by atoms with Crippen LogP contribution in [0.15, 0.2) is 61.2 Å². The van der Waals surface area contributed by atoms with Gasteiger partial charge in [-0.25, -0.2) is 24.0 Å². The van der Waals surface area contributed by atoms with Gasteiger partial charge in [0.05, 0.1) is 18.4 Å². The summed E-state index contributed by atoms with van der Waals surface area (Å²) >= 11 is 0. The number of anilines is 2. The minimum Gasteiger partial charge on any atom is -0.344 e. The summed E-state index contributed by atoms with van der Waals surface area (Å²) in [5.41, 5.74) is 3.41. The molecule has 0 aliphatic heterocycles. The number of carbonyl (C=O) groups is 1. The van der Waals surface area contributed by atoms with Crippen LogP contribution in [0, 0.1) is 19.7 Å². The van der Waals surface area contributed by atoms with Crippen LogP contribution in [0.5, 0.6) is 0 Å². The van der Waals surface area contributed by atoms with E-state index in [0.29, 0.717) is 28.8 Å². The molecule has 3 N–H and O–H groups in total. The monoisotopic (exact) mass is 498 g/mol. The second-order valence-corrected chi connectivity index (χ2v) is 8.46. The molecule has 5 heterocycles. The number of halogens is 1. The van der Waals surface area contributed by atoms with Crippen molar-refractivity contribution in [1.29, 1.82) is 0 Å². The first-order valence-electron chi connectivity index (χ1n) is 11.4. The molecule has 11 nitrogen and oxygen atoms in total. The Kier molecular flexibility index (Phi) is 6.37. The average Bonchev–Trinajstić information content (AvgIpc) is 3.51. The molecule has 0 saturated carbocycles. The normalized spacial score (nSPS) is 11.8. The number of hydrogen-bond acceptors (Lipinski definition) is 8. The lowest BCUT2D eigenvalue weighted by molar-refractivity contribution is 0.0935. The zero-order chi connectivity index (χ0) is 25.9. The van der Waals surface area contributed by atoms with E-state index in [1.54, 1.807) is 36.7 Å². The van der Waals surface area contributed by atoms with Gasteiger partial charge in [0.25, 0.3) is 5.91 Å². The molecule has 0 aromatic carbocycles. The number of aromatic amines is 1. The van der Waals surface area contributed by atoms with Gasteiger partial charge in [0, 0.05) is 41.5 Å². The SMILES string of the molecule is Cc1cc(Nc2cc(C)[nH]n2)nc(-c2ccc(C(=O)N[C@@H](C)c3ccc(-n4cc(F)cn4)nc3)nc2)n1. The number of amides is 1. The smallest absolute Gasteiger partial charge is 0.270 e. The van der Waals surface area contributed by atoms with E-state index in [-0.39, 0.29) is 17.6 Å². The summed E-state index contributed by atoms with van der Waals surface area (Å²) in [5, 5.41) is 17.0. The van der Waals surface area contributed by atoms with Crippen LogP contribution >= 0.6 is 0 Å². The quantitative estimate of drug-likeness (QED) is 0.308. The molecule has 0 aliphatic rings. The van der Waals surface area contributed by atoms with E-state index in [0.717, 1.165) is 23.1 Å². The van der Waals surface area contributed by atoms with Gasteiger partial charge in [0.1, 0.15) is 11.5 Å². The molecule has 0 aliphatic carbocycles. The molecule has 37 heavy (non-hydrogen) atoms. The lowest BCUT2D eigenvalue weighted by atomic mass is 10.1. The first-order chi connectivity index (χ1) is 17.8. The minimum absolute atomic E-state index is 0.255. The predicted molar refractivity (Wildman–Crippen MR) is 134 cm³/mol. The largest absolute Gasteiger partial charge is 0.344 e. The predicted octanol–water partition coefficient (Wildman–Crippen LogP) is 3.83. The Hall–Kier alpha value is -5.00. The first-order valence-corrected chi connectivity index (χ1v) is 11.4. The Morgan fingerprint density at radius 1 is 1.03 bits per heavy atom. The van der Waals surface area contributed by atoms with E-state index in [4.69, 9.17) is 0 Å². The maximum absolute atomic E-state index is 13.2. The number of hydrogen-bond donors (Lipinski definition) is 3. The first kappa shape index (κ1) is 23.7. The second-order valence-electron chi connectivity index (χ2n) is 8.46. The highest BCUT2D eigenvalue weighted by Crippen LogP contribution is 2.20. The summed E-state index contributed by atoms with van der Waals surface area (Å²) in [5.74, 6) is 1.42. The number of aromatic nitrogens is 8. The van der Waals surface area contributed by atoms with E-state index in [1.165, 1.54) is 10.9 Å². The van der Waals surface area contributed by atoms with Crippen LogP contribution in [0.25, 0.3) is 17.2 Å². The molecule has 5 aromatic heterocycles. The van der Waals surface area contributed by atoms with Crippen LogP contribution in [0.4, 0.5) is 16.0 Å². The van der Waals surface area contributed by atoms with Crippen molar-refractivity contribution in [3.8, 4) is 17.2 Å². The van der Waals surface area contributed by atoms with E-state index < -0.39 is 5.82 Å². The zero-order valence-corrected chi connectivity index (χ0v) is 20.3. The fraction of sp³-hybridized carbons (Fsp3) is 0.160. The van der Waals surface area contributed by atoms with Gasteiger partial charge in [-0.1, -0.05) is 6.07 Å². The molecular weight excluding hydrogens is 475 g/mol. The maximum atomic E-state index is 13.2. The highest BCUT2D eigenvalue weighted by atomic mass is 19.1. The van der Waals surface area contributed by atoms with Gasteiger partial charge in [-0.05, 0) is 44.5 Å². The summed E-state index contributed by atoms with van der Waals surface area (Å²) in [6.07, 6.45) is 5.53. The summed E-state index contributed by atoms with van der Waals surface area (Å²) in [4.78, 5) is 30.4. The molecule has 1 amide bonds. The molecule has 0 bridgehead atoms.